The molecule has 0 aromatic carbocycles. The zero-order valence-electron chi connectivity index (χ0n) is 10.5. The summed E-state index contributed by atoms with van der Waals surface area (Å²) in [6, 6.07) is 2.48. The SMILES string of the molecule is CCC(C)CN(C)C(CN)c1cc(Br)c(Br)s1. The molecule has 1 rings (SSSR count). The van der Waals surface area contributed by atoms with Crippen LogP contribution in [0, 0.1) is 5.92 Å². The van der Waals surface area contributed by atoms with Crippen molar-refractivity contribution < 1.29 is 0 Å². The van der Waals surface area contributed by atoms with E-state index in [4.69, 9.17) is 5.73 Å². The van der Waals surface area contributed by atoms with Crippen LogP contribution in [0.2, 0.25) is 0 Å². The maximum Gasteiger partial charge on any atom is 0.0843 e. The summed E-state index contributed by atoms with van der Waals surface area (Å²) in [5.41, 5.74) is 5.92. The number of nitrogens with two attached hydrogens (primary N) is 1. The molecule has 0 fully saturated rings. The smallest absolute Gasteiger partial charge is 0.0843 e. The highest BCUT2D eigenvalue weighted by atomic mass is 79.9. The maximum atomic E-state index is 5.92. The molecule has 17 heavy (non-hydrogen) atoms. The standard InChI is InChI=1S/C12H20Br2N2S/c1-4-8(2)7-16(3)10(6-15)11-5-9(13)12(14)17-11/h5,8,10H,4,6-7,15H2,1-3H3. The summed E-state index contributed by atoms with van der Waals surface area (Å²) in [5.74, 6) is 0.709. The lowest BCUT2D eigenvalue weighted by Gasteiger charge is -2.28. The van der Waals surface area contributed by atoms with Crippen LogP contribution in [0.15, 0.2) is 14.3 Å². The number of likely N-dealkylation sites (N-methyl/N-ethyl adjacent to an activating group) is 1. The van der Waals surface area contributed by atoms with E-state index < -0.39 is 0 Å². The number of nitrogens with zero attached hydrogens (tertiary/aromatic N) is 1. The largest absolute Gasteiger partial charge is 0.329 e. The van der Waals surface area contributed by atoms with E-state index in [0.29, 0.717) is 18.5 Å². The third kappa shape index (κ3) is 4.31. The van der Waals surface area contributed by atoms with Gasteiger partial charge in [0.15, 0.2) is 0 Å². The van der Waals surface area contributed by atoms with E-state index in [1.165, 1.54) is 11.3 Å². The summed E-state index contributed by atoms with van der Waals surface area (Å²) in [6.07, 6.45) is 1.21. The molecule has 0 aliphatic rings. The molecule has 1 heterocycles. The van der Waals surface area contributed by atoms with Gasteiger partial charge in [0, 0.05) is 22.4 Å². The van der Waals surface area contributed by atoms with Gasteiger partial charge in [-0.1, -0.05) is 20.3 Å². The van der Waals surface area contributed by atoms with Gasteiger partial charge in [-0.25, -0.2) is 0 Å². The van der Waals surface area contributed by atoms with Crippen molar-refractivity contribution in [3.8, 4) is 0 Å². The molecule has 0 saturated heterocycles. The summed E-state index contributed by atoms with van der Waals surface area (Å²) in [5, 5.41) is 0. The van der Waals surface area contributed by atoms with Crippen LogP contribution in [0.3, 0.4) is 0 Å². The second kappa shape index (κ2) is 7.24. The molecule has 1 aromatic rings. The Hall–Kier alpha value is 0.580. The minimum absolute atomic E-state index is 0.316. The normalized spacial score (nSPS) is 15.2. The summed E-state index contributed by atoms with van der Waals surface area (Å²) in [7, 11) is 2.16. The first-order valence-corrected chi connectivity index (χ1v) is 8.24. The molecule has 0 bridgehead atoms. The summed E-state index contributed by atoms with van der Waals surface area (Å²) < 4.78 is 2.26. The van der Waals surface area contributed by atoms with Gasteiger partial charge in [-0.05, 0) is 50.9 Å². The highest BCUT2D eigenvalue weighted by molar-refractivity contribution is 9.13. The summed E-state index contributed by atoms with van der Waals surface area (Å²) in [6.45, 7) is 6.26. The van der Waals surface area contributed by atoms with Gasteiger partial charge in [0.25, 0.3) is 0 Å². The fraction of sp³-hybridized carbons (Fsp3) is 0.667. The van der Waals surface area contributed by atoms with Crippen LogP contribution in [0.4, 0.5) is 0 Å². The minimum atomic E-state index is 0.316. The van der Waals surface area contributed by atoms with E-state index in [9.17, 15) is 0 Å². The predicted octanol–water partition coefficient (Wildman–Crippen LogP) is 4.25. The third-order valence-corrected chi connectivity index (χ3v) is 6.40. The zero-order valence-corrected chi connectivity index (χ0v) is 14.5. The Labute approximate surface area is 125 Å². The van der Waals surface area contributed by atoms with Crippen LogP contribution in [0.5, 0.6) is 0 Å². The molecule has 98 valence electrons. The van der Waals surface area contributed by atoms with Gasteiger partial charge >= 0.3 is 0 Å². The molecule has 5 heteroatoms. The highest BCUT2D eigenvalue weighted by Crippen LogP contribution is 2.36. The second-order valence-corrected chi connectivity index (χ2v) is 7.73. The fourth-order valence-corrected chi connectivity index (χ4v) is 4.06. The molecule has 2 atom stereocenters. The van der Waals surface area contributed by atoms with Gasteiger partial charge < -0.3 is 5.73 Å². The molecule has 0 radical (unpaired) electrons. The van der Waals surface area contributed by atoms with Crippen LogP contribution in [-0.2, 0) is 0 Å². The van der Waals surface area contributed by atoms with E-state index in [1.54, 1.807) is 11.3 Å². The number of halogens is 2. The Morgan fingerprint density at radius 3 is 2.53 bits per heavy atom. The maximum absolute atomic E-state index is 5.92. The first-order valence-electron chi connectivity index (χ1n) is 5.84. The molecule has 0 amide bonds. The van der Waals surface area contributed by atoms with Crippen molar-refractivity contribution >= 4 is 43.2 Å². The number of thiophene rings is 1. The van der Waals surface area contributed by atoms with Crippen molar-refractivity contribution in [2.24, 2.45) is 11.7 Å². The summed E-state index contributed by atoms with van der Waals surface area (Å²) in [4.78, 5) is 3.68. The van der Waals surface area contributed by atoms with Crippen molar-refractivity contribution in [1.29, 1.82) is 0 Å². The molecular weight excluding hydrogens is 364 g/mol. The van der Waals surface area contributed by atoms with Crippen LogP contribution in [-0.4, -0.2) is 25.0 Å². The number of rotatable bonds is 6. The van der Waals surface area contributed by atoms with E-state index >= 15 is 0 Å². The Bertz CT molecular complexity index is 335. The molecule has 2 unspecified atom stereocenters. The van der Waals surface area contributed by atoms with Crippen LogP contribution in [0.1, 0.15) is 31.2 Å². The Morgan fingerprint density at radius 2 is 2.12 bits per heavy atom. The van der Waals surface area contributed by atoms with Gasteiger partial charge in [0.1, 0.15) is 0 Å². The topological polar surface area (TPSA) is 29.3 Å². The first-order chi connectivity index (χ1) is 7.99. The molecular formula is C12H20Br2N2S. The zero-order chi connectivity index (χ0) is 13.0. The minimum Gasteiger partial charge on any atom is -0.329 e. The molecule has 2 N–H and O–H groups in total. The van der Waals surface area contributed by atoms with E-state index in [2.05, 4.69) is 63.7 Å². The molecule has 0 aliphatic heterocycles. The Morgan fingerprint density at radius 1 is 1.47 bits per heavy atom. The number of hydrogen-bond donors (Lipinski definition) is 1. The van der Waals surface area contributed by atoms with Gasteiger partial charge in [-0.15, -0.1) is 11.3 Å². The second-order valence-electron chi connectivity index (χ2n) is 4.47. The quantitative estimate of drug-likeness (QED) is 0.795. The van der Waals surface area contributed by atoms with Gasteiger partial charge in [-0.3, -0.25) is 4.90 Å². The summed E-state index contributed by atoms with van der Waals surface area (Å²) >= 11 is 8.83. The van der Waals surface area contributed by atoms with Crippen LogP contribution < -0.4 is 5.73 Å². The van der Waals surface area contributed by atoms with Crippen LogP contribution >= 0.6 is 43.2 Å². The average molecular weight is 384 g/mol. The van der Waals surface area contributed by atoms with Crippen molar-refractivity contribution in [3.05, 3.63) is 19.2 Å². The van der Waals surface area contributed by atoms with E-state index in [0.717, 1.165) is 14.8 Å². The molecule has 0 aliphatic carbocycles. The van der Waals surface area contributed by atoms with Crippen molar-refractivity contribution in [1.82, 2.24) is 4.90 Å². The average Bonchev–Trinajstić information content (AvgIpc) is 2.59. The molecule has 0 saturated carbocycles. The Kier molecular flexibility index (Phi) is 6.66. The lowest BCUT2D eigenvalue weighted by molar-refractivity contribution is 0.218. The molecule has 2 nitrogen and oxygen atoms in total. The fourth-order valence-electron chi connectivity index (χ4n) is 1.79. The van der Waals surface area contributed by atoms with Crippen molar-refractivity contribution in [3.63, 3.8) is 0 Å². The molecule has 0 spiro atoms. The van der Waals surface area contributed by atoms with Gasteiger partial charge in [0.05, 0.1) is 9.83 Å². The first kappa shape index (κ1) is 15.6. The Balaban J connectivity index is 2.76. The third-order valence-electron chi connectivity index (χ3n) is 3.04. The monoisotopic (exact) mass is 382 g/mol. The predicted molar refractivity (Wildman–Crippen MR) is 83.6 cm³/mol. The molecule has 1 aromatic heterocycles. The van der Waals surface area contributed by atoms with Gasteiger partial charge in [0.2, 0.25) is 0 Å². The number of hydrogen-bond acceptors (Lipinski definition) is 3. The highest BCUT2D eigenvalue weighted by Gasteiger charge is 2.20. The van der Waals surface area contributed by atoms with E-state index in [1.807, 2.05) is 0 Å². The van der Waals surface area contributed by atoms with Crippen LogP contribution in [0.25, 0.3) is 0 Å². The van der Waals surface area contributed by atoms with Crippen molar-refractivity contribution in [2.45, 2.75) is 26.3 Å². The van der Waals surface area contributed by atoms with E-state index in [-0.39, 0.29) is 0 Å². The lowest BCUT2D eigenvalue weighted by atomic mass is 10.1. The lowest BCUT2D eigenvalue weighted by Crippen LogP contribution is -2.33. The van der Waals surface area contributed by atoms with Crippen molar-refractivity contribution in [2.75, 3.05) is 20.1 Å². The van der Waals surface area contributed by atoms with Gasteiger partial charge in [-0.2, -0.15) is 0 Å².